The molecule has 0 aliphatic heterocycles. The maximum Gasteiger partial charge on any atom is 0.288 e. The Labute approximate surface area is 167 Å². The molecule has 0 aliphatic carbocycles. The lowest BCUT2D eigenvalue weighted by atomic mass is 10.2. The van der Waals surface area contributed by atoms with E-state index in [1.165, 1.54) is 0 Å². The Kier molecular flexibility index (Phi) is 5.11. The van der Waals surface area contributed by atoms with E-state index < -0.39 is 0 Å². The standard InChI is InChI=1S/C22H20N4O3/c1-2-25(16-9-4-3-5-10-16)22(28)19-18-12-6-7-13-26(18)20(24-19)21(27)23-15-17-11-8-14-29-17/h3-14H,2,15H2,1H3,(H,23,27). The third kappa shape index (κ3) is 3.62. The van der Waals surface area contributed by atoms with Gasteiger partial charge in [-0.2, -0.15) is 0 Å². The molecule has 7 nitrogen and oxygen atoms in total. The van der Waals surface area contributed by atoms with Gasteiger partial charge in [-0.25, -0.2) is 4.98 Å². The first kappa shape index (κ1) is 18.5. The molecule has 3 heterocycles. The van der Waals surface area contributed by atoms with E-state index in [1.54, 1.807) is 46.0 Å². The minimum Gasteiger partial charge on any atom is -0.467 e. The molecule has 0 saturated heterocycles. The number of hydrogen-bond acceptors (Lipinski definition) is 4. The van der Waals surface area contributed by atoms with Gasteiger partial charge in [0.2, 0.25) is 5.82 Å². The van der Waals surface area contributed by atoms with Crippen molar-refractivity contribution in [3.63, 3.8) is 0 Å². The van der Waals surface area contributed by atoms with Gasteiger partial charge in [-0.15, -0.1) is 0 Å². The van der Waals surface area contributed by atoms with Crippen LogP contribution in [0.3, 0.4) is 0 Å². The predicted octanol–water partition coefficient (Wildman–Crippen LogP) is 3.52. The highest BCUT2D eigenvalue weighted by atomic mass is 16.3. The molecule has 4 rings (SSSR count). The molecule has 0 bridgehead atoms. The minimum atomic E-state index is -0.385. The molecule has 1 N–H and O–H groups in total. The van der Waals surface area contributed by atoms with Gasteiger partial charge in [-0.05, 0) is 43.3 Å². The first-order valence-corrected chi connectivity index (χ1v) is 9.33. The predicted molar refractivity (Wildman–Crippen MR) is 109 cm³/mol. The molecule has 1 aromatic carbocycles. The zero-order valence-corrected chi connectivity index (χ0v) is 15.9. The van der Waals surface area contributed by atoms with Crippen molar-refractivity contribution in [2.45, 2.75) is 13.5 Å². The second-order valence-electron chi connectivity index (χ2n) is 6.39. The van der Waals surface area contributed by atoms with Crippen molar-refractivity contribution >= 4 is 23.0 Å². The van der Waals surface area contributed by atoms with Crippen LogP contribution in [0.4, 0.5) is 5.69 Å². The molecule has 0 fully saturated rings. The van der Waals surface area contributed by atoms with Gasteiger partial charge in [-0.3, -0.25) is 14.0 Å². The topological polar surface area (TPSA) is 79.8 Å². The first-order valence-electron chi connectivity index (χ1n) is 9.33. The van der Waals surface area contributed by atoms with Gasteiger partial charge in [0.15, 0.2) is 5.69 Å². The summed E-state index contributed by atoms with van der Waals surface area (Å²) in [4.78, 5) is 32.1. The van der Waals surface area contributed by atoms with E-state index in [1.807, 2.05) is 43.3 Å². The molecule has 7 heteroatoms. The van der Waals surface area contributed by atoms with Crippen molar-refractivity contribution in [3.05, 3.63) is 90.4 Å². The van der Waals surface area contributed by atoms with Gasteiger partial charge in [0.05, 0.1) is 18.3 Å². The van der Waals surface area contributed by atoms with Crippen molar-refractivity contribution < 1.29 is 14.0 Å². The van der Waals surface area contributed by atoms with Crippen molar-refractivity contribution in [3.8, 4) is 0 Å². The average Bonchev–Trinajstić information content (AvgIpc) is 3.41. The van der Waals surface area contributed by atoms with E-state index in [2.05, 4.69) is 10.3 Å². The largest absolute Gasteiger partial charge is 0.467 e. The summed E-state index contributed by atoms with van der Waals surface area (Å²) in [5, 5.41) is 2.78. The minimum absolute atomic E-state index is 0.152. The molecule has 29 heavy (non-hydrogen) atoms. The number of fused-ring (bicyclic) bond motifs is 1. The SMILES string of the molecule is CCN(C(=O)c1nc(C(=O)NCc2ccco2)n2ccccc12)c1ccccc1. The summed E-state index contributed by atoms with van der Waals surface area (Å²) < 4.78 is 6.87. The maximum absolute atomic E-state index is 13.3. The van der Waals surface area contributed by atoms with E-state index in [0.29, 0.717) is 17.8 Å². The second kappa shape index (κ2) is 8.02. The number of hydrogen-bond donors (Lipinski definition) is 1. The highest BCUT2D eigenvalue weighted by Gasteiger charge is 2.25. The quantitative estimate of drug-likeness (QED) is 0.548. The smallest absolute Gasteiger partial charge is 0.288 e. The fourth-order valence-corrected chi connectivity index (χ4v) is 3.19. The molecule has 0 unspecified atom stereocenters. The molecular formula is C22H20N4O3. The molecule has 3 aromatic heterocycles. The highest BCUT2D eigenvalue weighted by Crippen LogP contribution is 2.20. The fourth-order valence-electron chi connectivity index (χ4n) is 3.19. The Morgan fingerprint density at radius 3 is 2.59 bits per heavy atom. The van der Waals surface area contributed by atoms with Crippen molar-refractivity contribution in [1.29, 1.82) is 0 Å². The summed E-state index contributed by atoms with van der Waals surface area (Å²) in [6, 6.07) is 18.3. The molecule has 0 saturated carbocycles. The van der Waals surface area contributed by atoms with Gasteiger partial charge in [0.1, 0.15) is 5.76 Å². The van der Waals surface area contributed by atoms with E-state index in [4.69, 9.17) is 4.42 Å². The number of imidazole rings is 1. The van der Waals surface area contributed by atoms with Crippen LogP contribution in [0.15, 0.2) is 77.5 Å². The van der Waals surface area contributed by atoms with Crippen molar-refractivity contribution in [2.24, 2.45) is 0 Å². The molecule has 4 aromatic rings. The lowest BCUT2D eigenvalue weighted by Crippen LogP contribution is -2.31. The monoisotopic (exact) mass is 388 g/mol. The van der Waals surface area contributed by atoms with Gasteiger partial charge < -0.3 is 14.6 Å². The zero-order chi connectivity index (χ0) is 20.2. The molecule has 146 valence electrons. The zero-order valence-electron chi connectivity index (χ0n) is 15.9. The van der Waals surface area contributed by atoms with E-state index in [9.17, 15) is 9.59 Å². The third-order valence-electron chi connectivity index (χ3n) is 4.59. The van der Waals surface area contributed by atoms with Crippen LogP contribution in [0.5, 0.6) is 0 Å². The van der Waals surface area contributed by atoms with Crippen LogP contribution in [0.25, 0.3) is 5.52 Å². The van der Waals surface area contributed by atoms with Crippen LogP contribution in [0, 0.1) is 0 Å². The van der Waals surface area contributed by atoms with Crippen LogP contribution in [-0.2, 0) is 6.54 Å². The fraction of sp³-hybridized carbons (Fsp3) is 0.136. The molecular weight excluding hydrogens is 368 g/mol. The summed E-state index contributed by atoms with van der Waals surface area (Å²) in [5.41, 5.74) is 1.59. The Balaban J connectivity index is 1.68. The van der Waals surface area contributed by atoms with E-state index in [-0.39, 0.29) is 29.9 Å². The summed E-state index contributed by atoms with van der Waals surface area (Å²) in [6.07, 6.45) is 3.27. The van der Waals surface area contributed by atoms with Crippen LogP contribution in [0.1, 0.15) is 33.8 Å². The van der Waals surface area contributed by atoms with Crippen LogP contribution in [-0.4, -0.2) is 27.7 Å². The van der Waals surface area contributed by atoms with Crippen molar-refractivity contribution in [1.82, 2.24) is 14.7 Å². The van der Waals surface area contributed by atoms with Crippen LogP contribution in [0.2, 0.25) is 0 Å². The number of benzene rings is 1. The molecule has 0 radical (unpaired) electrons. The van der Waals surface area contributed by atoms with Crippen LogP contribution >= 0.6 is 0 Å². The summed E-state index contributed by atoms with van der Waals surface area (Å²) in [7, 11) is 0. The number of carbonyl (C=O) groups excluding carboxylic acids is 2. The third-order valence-corrected chi connectivity index (χ3v) is 4.59. The number of furan rings is 1. The Morgan fingerprint density at radius 1 is 1.07 bits per heavy atom. The normalized spacial score (nSPS) is 10.8. The number of nitrogens with zero attached hydrogens (tertiary/aromatic N) is 3. The highest BCUT2D eigenvalue weighted by molar-refractivity contribution is 6.10. The lowest BCUT2D eigenvalue weighted by molar-refractivity contribution is 0.0937. The van der Waals surface area contributed by atoms with Gasteiger partial charge >= 0.3 is 0 Å². The number of para-hydroxylation sites is 1. The van der Waals surface area contributed by atoms with Gasteiger partial charge in [-0.1, -0.05) is 24.3 Å². The summed E-state index contributed by atoms with van der Waals surface area (Å²) >= 11 is 0. The van der Waals surface area contributed by atoms with E-state index >= 15 is 0 Å². The number of carbonyl (C=O) groups is 2. The van der Waals surface area contributed by atoms with Crippen LogP contribution < -0.4 is 10.2 Å². The molecule has 0 aliphatic rings. The number of amides is 2. The molecule has 0 atom stereocenters. The number of aromatic nitrogens is 2. The van der Waals surface area contributed by atoms with Gasteiger partial charge in [0, 0.05) is 18.4 Å². The number of nitrogens with one attached hydrogen (secondary N) is 1. The Morgan fingerprint density at radius 2 is 1.86 bits per heavy atom. The van der Waals surface area contributed by atoms with E-state index in [0.717, 1.165) is 5.69 Å². The lowest BCUT2D eigenvalue weighted by Gasteiger charge is -2.20. The summed E-state index contributed by atoms with van der Waals surface area (Å²) in [5.74, 6) is 0.147. The first-order chi connectivity index (χ1) is 14.2. The van der Waals surface area contributed by atoms with Crippen molar-refractivity contribution in [2.75, 3.05) is 11.4 Å². The Hall–Kier alpha value is -3.87. The maximum atomic E-state index is 13.3. The van der Waals surface area contributed by atoms with Gasteiger partial charge in [0.25, 0.3) is 11.8 Å². The number of pyridine rings is 1. The average molecular weight is 388 g/mol. The molecule has 2 amide bonds. The second-order valence-corrected chi connectivity index (χ2v) is 6.39. The Bertz CT molecular complexity index is 1130. The molecule has 0 spiro atoms. The summed E-state index contributed by atoms with van der Waals surface area (Å²) in [6.45, 7) is 2.62. The number of anilines is 1. The number of rotatable bonds is 6.